The van der Waals surface area contributed by atoms with Gasteiger partial charge in [-0.25, -0.2) is 9.97 Å². The molecule has 1 aliphatic heterocycles. The average molecular weight is 709 g/mol. The molecule has 50 heavy (non-hydrogen) atoms. The summed E-state index contributed by atoms with van der Waals surface area (Å²) in [6.07, 6.45) is 1.51. The molecule has 3 aromatic rings. The highest BCUT2D eigenvalue weighted by Crippen LogP contribution is 2.40. The van der Waals surface area contributed by atoms with E-state index in [1.165, 1.54) is 19.5 Å². The zero-order chi connectivity index (χ0) is 36.2. The van der Waals surface area contributed by atoms with Crippen LogP contribution in [0, 0.1) is 11.8 Å². The Hall–Kier alpha value is -4.17. The van der Waals surface area contributed by atoms with Gasteiger partial charge in [-0.15, -0.1) is 0 Å². The Bertz CT molecular complexity index is 1540. The number of ether oxygens (including phenoxy) is 1. The van der Waals surface area contributed by atoms with Gasteiger partial charge in [-0.05, 0) is 81.0 Å². The summed E-state index contributed by atoms with van der Waals surface area (Å²) in [7, 11) is 1.36. The van der Waals surface area contributed by atoms with Crippen LogP contribution in [0.2, 0.25) is 0 Å². The molecule has 0 radical (unpaired) electrons. The number of nitrogens with one attached hydrogen (secondary N) is 1. The number of nitrogens with zero attached hydrogens (tertiary/aromatic N) is 5. The number of methoxy groups -OCH3 is 1. The van der Waals surface area contributed by atoms with E-state index in [2.05, 4.69) is 20.2 Å². The number of amides is 1. The zero-order valence-corrected chi connectivity index (χ0v) is 28.2. The number of carbonyl (C=O) groups is 2. The highest BCUT2D eigenvalue weighted by Gasteiger charge is 2.43. The summed E-state index contributed by atoms with van der Waals surface area (Å²) in [5.74, 6) is -0.0729. The lowest BCUT2D eigenvalue weighted by atomic mass is 9.78. The summed E-state index contributed by atoms with van der Waals surface area (Å²) >= 11 is 0. The van der Waals surface area contributed by atoms with Gasteiger partial charge in [-0.3, -0.25) is 14.7 Å². The number of H-pyrrole nitrogens is 1. The fourth-order valence-corrected chi connectivity index (χ4v) is 7.43. The third-order valence-electron chi connectivity index (χ3n) is 10.1. The van der Waals surface area contributed by atoms with Crippen LogP contribution in [0.15, 0.2) is 43.0 Å². The number of carbonyl (C=O) groups excluding carboxylic acids is 2. The molecular weight excluding hydrogens is 666 g/mol. The second-order valence-electron chi connectivity index (χ2n) is 13.3. The number of likely N-dealkylation sites (tertiary alicyclic amines) is 1. The Morgan fingerprint density at radius 1 is 0.880 bits per heavy atom. The molecule has 272 valence electrons. The van der Waals surface area contributed by atoms with Gasteiger partial charge in [0.2, 0.25) is 11.9 Å². The summed E-state index contributed by atoms with van der Waals surface area (Å²) in [4.78, 5) is 38.6. The Labute approximate surface area is 286 Å². The third-order valence-corrected chi connectivity index (χ3v) is 10.1. The highest BCUT2D eigenvalue weighted by molar-refractivity contribution is 5.80. The summed E-state index contributed by atoms with van der Waals surface area (Å²) < 4.78 is 87.7. The van der Waals surface area contributed by atoms with Gasteiger partial charge < -0.3 is 14.5 Å². The van der Waals surface area contributed by atoms with E-state index in [1.54, 1.807) is 17.3 Å². The molecule has 1 saturated heterocycles. The maximum Gasteiger partial charge on any atom is 0.416 e. The molecule has 9 nitrogen and oxygen atoms in total. The van der Waals surface area contributed by atoms with Crippen molar-refractivity contribution in [2.75, 3.05) is 12.0 Å². The fraction of sp³-hybridized carbons (Fsp3) is 0.571. The monoisotopic (exact) mass is 708 g/mol. The molecule has 0 spiro atoms. The predicted molar refractivity (Wildman–Crippen MR) is 172 cm³/mol. The minimum absolute atomic E-state index is 0.0543. The van der Waals surface area contributed by atoms with Gasteiger partial charge in [-0.2, -0.15) is 31.4 Å². The second-order valence-corrected chi connectivity index (χ2v) is 13.3. The summed E-state index contributed by atoms with van der Waals surface area (Å²) in [6, 6.07) is 0.765. The van der Waals surface area contributed by atoms with E-state index in [0.717, 1.165) is 25.0 Å². The van der Waals surface area contributed by atoms with Crippen LogP contribution in [-0.4, -0.2) is 62.2 Å². The molecule has 1 aromatic carbocycles. The predicted octanol–water partition coefficient (Wildman–Crippen LogP) is 7.83. The number of hydrogen-bond donors (Lipinski definition) is 1. The summed E-state index contributed by atoms with van der Waals surface area (Å²) in [5, 5.41) is 6.63. The van der Waals surface area contributed by atoms with Crippen molar-refractivity contribution in [1.82, 2.24) is 25.1 Å². The number of rotatable bonds is 10. The van der Waals surface area contributed by atoms with Gasteiger partial charge >= 0.3 is 18.3 Å². The van der Waals surface area contributed by atoms with Crippen LogP contribution in [0.5, 0.6) is 0 Å². The van der Waals surface area contributed by atoms with Crippen LogP contribution in [-0.2, 0) is 33.2 Å². The van der Waals surface area contributed by atoms with Gasteiger partial charge in [0.1, 0.15) is 0 Å². The SMILES string of the molecule is CC[C@@H]1CC(N(Cc2cc(C(F)(F)F)cc(C(F)(F)F)c2)c2ncc(-c3cn[nH]c3)cn2)C[C@H](CC)N1C(=O)C1CCC(CC(=O)OC)CC1. The number of aromatic nitrogens is 4. The van der Waals surface area contributed by atoms with Crippen LogP contribution in [0.3, 0.4) is 0 Å². The second kappa shape index (κ2) is 15.4. The van der Waals surface area contributed by atoms with Crippen molar-refractivity contribution in [1.29, 1.82) is 0 Å². The van der Waals surface area contributed by atoms with Crippen molar-refractivity contribution < 1.29 is 40.7 Å². The zero-order valence-electron chi connectivity index (χ0n) is 28.2. The molecule has 1 unspecified atom stereocenters. The number of esters is 1. The van der Waals surface area contributed by atoms with Crippen molar-refractivity contribution in [3.63, 3.8) is 0 Å². The number of aromatic amines is 1. The van der Waals surface area contributed by atoms with Crippen LogP contribution in [0.4, 0.5) is 32.3 Å². The Morgan fingerprint density at radius 2 is 1.46 bits per heavy atom. The molecule has 2 fully saturated rings. The highest BCUT2D eigenvalue weighted by atomic mass is 19.4. The third kappa shape index (κ3) is 8.58. The van der Waals surface area contributed by atoms with Gasteiger partial charge in [0.15, 0.2) is 0 Å². The number of halogens is 6. The molecule has 3 atom stereocenters. The van der Waals surface area contributed by atoms with Gasteiger partial charge in [0, 0.05) is 66.7 Å². The number of anilines is 1. The van der Waals surface area contributed by atoms with Crippen molar-refractivity contribution in [3.8, 4) is 11.1 Å². The Balaban J connectivity index is 1.45. The lowest BCUT2D eigenvalue weighted by molar-refractivity contribution is -0.146. The van der Waals surface area contributed by atoms with E-state index in [4.69, 9.17) is 4.74 Å². The van der Waals surface area contributed by atoms with E-state index in [0.29, 0.717) is 56.1 Å². The molecular formula is C35H42F6N6O3. The van der Waals surface area contributed by atoms with Crippen LogP contribution < -0.4 is 4.90 Å². The minimum Gasteiger partial charge on any atom is -0.469 e. The maximum absolute atomic E-state index is 14.1. The number of hydrogen-bond acceptors (Lipinski definition) is 7. The Morgan fingerprint density at radius 3 is 1.94 bits per heavy atom. The summed E-state index contributed by atoms with van der Waals surface area (Å²) in [6.45, 7) is 3.63. The fourth-order valence-electron chi connectivity index (χ4n) is 7.43. The molecule has 3 heterocycles. The standard InChI is InChI=1S/C35H42F6N6O3/c1-4-28-14-30(15-29(5-2)47(28)32(49)23-8-6-21(7-9-23)12-31(48)50-3)46(33-42-16-24(17-43-33)25-18-44-45-19-25)20-22-10-26(34(36,37)38)13-27(11-22)35(39,40)41/h10-11,13,16-19,21,23,28-30H,4-9,12,14-15,20H2,1-3H3,(H,44,45)/t21?,23?,28-,29+,30?. The summed E-state index contributed by atoms with van der Waals surface area (Å²) in [5.41, 5.74) is -1.63. The lowest BCUT2D eigenvalue weighted by Crippen LogP contribution is -2.58. The number of alkyl halides is 6. The van der Waals surface area contributed by atoms with Gasteiger partial charge in [0.05, 0.1) is 24.4 Å². The van der Waals surface area contributed by atoms with Crippen LogP contribution >= 0.6 is 0 Å². The van der Waals surface area contributed by atoms with Gasteiger partial charge in [-0.1, -0.05) is 13.8 Å². The first kappa shape index (κ1) is 37.1. The number of benzene rings is 1. The van der Waals surface area contributed by atoms with E-state index in [9.17, 15) is 35.9 Å². The maximum atomic E-state index is 14.1. The van der Waals surface area contributed by atoms with Crippen molar-refractivity contribution in [2.24, 2.45) is 11.8 Å². The first-order valence-electron chi connectivity index (χ1n) is 17.0. The molecule has 1 amide bonds. The van der Waals surface area contributed by atoms with E-state index >= 15 is 0 Å². The van der Waals surface area contributed by atoms with Crippen LogP contribution in [0.1, 0.15) is 88.3 Å². The van der Waals surface area contributed by atoms with Crippen LogP contribution in [0.25, 0.3) is 11.1 Å². The molecule has 15 heteroatoms. The van der Waals surface area contributed by atoms with Crippen molar-refractivity contribution in [3.05, 3.63) is 59.7 Å². The molecule has 1 saturated carbocycles. The largest absolute Gasteiger partial charge is 0.469 e. The molecule has 5 rings (SSSR count). The lowest BCUT2D eigenvalue weighted by Gasteiger charge is -2.49. The van der Waals surface area contributed by atoms with Crippen molar-refractivity contribution >= 4 is 17.8 Å². The van der Waals surface area contributed by atoms with E-state index in [-0.39, 0.29) is 59.9 Å². The van der Waals surface area contributed by atoms with E-state index in [1.807, 2.05) is 18.7 Å². The quantitative estimate of drug-likeness (QED) is 0.169. The van der Waals surface area contributed by atoms with E-state index < -0.39 is 29.5 Å². The van der Waals surface area contributed by atoms with Crippen molar-refractivity contribution in [2.45, 2.75) is 109 Å². The first-order chi connectivity index (χ1) is 23.7. The first-order valence-corrected chi connectivity index (χ1v) is 17.0. The minimum atomic E-state index is -4.99. The Kier molecular flexibility index (Phi) is 11.4. The van der Waals surface area contributed by atoms with Gasteiger partial charge in [0.25, 0.3) is 0 Å². The molecule has 2 aromatic heterocycles. The molecule has 0 bridgehead atoms. The molecule has 1 aliphatic carbocycles. The molecule has 1 N–H and O–H groups in total. The number of piperidine rings is 1. The normalized spacial score (nSPS) is 23.1. The average Bonchev–Trinajstić information content (AvgIpc) is 3.64. The topological polar surface area (TPSA) is 104 Å². The molecule has 2 aliphatic rings. The smallest absolute Gasteiger partial charge is 0.416 e.